The highest BCUT2D eigenvalue weighted by Gasteiger charge is 2.16. The van der Waals surface area contributed by atoms with Crippen LogP contribution in [0.3, 0.4) is 0 Å². The van der Waals surface area contributed by atoms with Crippen molar-refractivity contribution in [1.82, 2.24) is 4.98 Å². The summed E-state index contributed by atoms with van der Waals surface area (Å²) >= 11 is 0. The van der Waals surface area contributed by atoms with Gasteiger partial charge in [-0.25, -0.2) is 4.98 Å². The van der Waals surface area contributed by atoms with E-state index in [0.717, 1.165) is 5.56 Å². The zero-order valence-corrected chi connectivity index (χ0v) is 12.2. The van der Waals surface area contributed by atoms with Crippen molar-refractivity contribution in [2.45, 2.75) is 13.3 Å². The summed E-state index contributed by atoms with van der Waals surface area (Å²) in [6, 6.07) is 7.88. The number of nitrogens with one attached hydrogen (secondary N) is 1. The Bertz CT molecular complexity index is 716. The van der Waals surface area contributed by atoms with Gasteiger partial charge in [-0.1, -0.05) is 18.2 Å². The molecule has 0 bridgehead atoms. The molecule has 1 aromatic carbocycles. The summed E-state index contributed by atoms with van der Waals surface area (Å²) in [5, 5.41) is 13.6. The number of methoxy groups -OCH3 is 1. The maximum absolute atomic E-state index is 12.1. The van der Waals surface area contributed by atoms with Crippen LogP contribution in [0.25, 0.3) is 0 Å². The summed E-state index contributed by atoms with van der Waals surface area (Å²) in [5.74, 6) is -0.0819. The van der Waals surface area contributed by atoms with Crippen LogP contribution in [0.15, 0.2) is 36.5 Å². The molecule has 7 heteroatoms. The van der Waals surface area contributed by atoms with Gasteiger partial charge < -0.3 is 10.1 Å². The van der Waals surface area contributed by atoms with Crippen LogP contribution in [-0.2, 0) is 11.2 Å². The van der Waals surface area contributed by atoms with Gasteiger partial charge in [-0.2, -0.15) is 0 Å². The first-order chi connectivity index (χ1) is 10.5. The summed E-state index contributed by atoms with van der Waals surface area (Å²) in [5.41, 5.74) is 1.57. The molecule has 0 atom stereocenters. The number of nitrogens with zero attached hydrogens (tertiary/aromatic N) is 2. The first-order valence-electron chi connectivity index (χ1n) is 6.54. The third kappa shape index (κ3) is 3.57. The lowest BCUT2D eigenvalue weighted by atomic mass is 10.1. The van der Waals surface area contributed by atoms with Crippen LogP contribution in [0.1, 0.15) is 11.1 Å². The van der Waals surface area contributed by atoms with Crippen molar-refractivity contribution in [3.63, 3.8) is 0 Å². The van der Waals surface area contributed by atoms with Gasteiger partial charge in [0.05, 0.1) is 18.5 Å². The standard InChI is InChI=1S/C15H15N3O4/c1-10-7-12(15(22-2)16-9-10)17-14(19)8-11-5-3-4-6-13(11)18(20)21/h3-7,9H,8H2,1-2H3,(H,17,19). The van der Waals surface area contributed by atoms with Gasteiger partial charge in [0.2, 0.25) is 11.8 Å². The summed E-state index contributed by atoms with van der Waals surface area (Å²) in [4.78, 5) is 26.6. The monoisotopic (exact) mass is 301 g/mol. The molecule has 1 N–H and O–H groups in total. The van der Waals surface area contributed by atoms with E-state index in [9.17, 15) is 14.9 Å². The minimum absolute atomic E-state index is 0.0769. The number of amides is 1. The van der Waals surface area contributed by atoms with Crippen molar-refractivity contribution in [1.29, 1.82) is 0 Å². The Hall–Kier alpha value is -2.96. The molecule has 0 spiro atoms. The molecular weight excluding hydrogens is 286 g/mol. The SMILES string of the molecule is COc1ncc(C)cc1NC(=O)Cc1ccccc1[N+](=O)[O-]. The van der Waals surface area contributed by atoms with Crippen LogP contribution in [0.5, 0.6) is 5.88 Å². The third-order valence-corrected chi connectivity index (χ3v) is 2.99. The van der Waals surface area contributed by atoms with Crippen LogP contribution < -0.4 is 10.1 Å². The molecule has 0 saturated carbocycles. The zero-order chi connectivity index (χ0) is 16.1. The number of hydrogen-bond acceptors (Lipinski definition) is 5. The number of ether oxygens (including phenoxy) is 1. The smallest absolute Gasteiger partial charge is 0.273 e. The summed E-state index contributed by atoms with van der Waals surface area (Å²) in [6.45, 7) is 1.84. The molecule has 0 fully saturated rings. The molecule has 0 aliphatic rings. The van der Waals surface area contributed by atoms with E-state index in [4.69, 9.17) is 4.74 Å². The second-order valence-electron chi connectivity index (χ2n) is 4.68. The van der Waals surface area contributed by atoms with Gasteiger partial charge in [0.25, 0.3) is 5.69 Å². The van der Waals surface area contributed by atoms with E-state index in [0.29, 0.717) is 17.1 Å². The van der Waals surface area contributed by atoms with Gasteiger partial charge in [0, 0.05) is 17.8 Å². The number of benzene rings is 1. The molecule has 0 saturated heterocycles. The van der Waals surface area contributed by atoms with Gasteiger partial charge in [0.1, 0.15) is 5.69 Å². The van der Waals surface area contributed by atoms with E-state index in [1.807, 2.05) is 6.92 Å². The maximum Gasteiger partial charge on any atom is 0.273 e. The van der Waals surface area contributed by atoms with Gasteiger partial charge >= 0.3 is 0 Å². The van der Waals surface area contributed by atoms with E-state index in [-0.39, 0.29) is 18.0 Å². The first-order valence-corrected chi connectivity index (χ1v) is 6.54. The molecule has 0 aliphatic heterocycles. The number of nitro groups is 1. The van der Waals surface area contributed by atoms with Crippen molar-refractivity contribution in [2.24, 2.45) is 0 Å². The van der Waals surface area contributed by atoms with Crippen LogP contribution in [0.4, 0.5) is 11.4 Å². The van der Waals surface area contributed by atoms with Crippen LogP contribution in [-0.4, -0.2) is 22.9 Å². The van der Waals surface area contributed by atoms with E-state index in [1.54, 1.807) is 30.5 Å². The fraction of sp³-hybridized carbons (Fsp3) is 0.200. The molecular formula is C15H15N3O4. The van der Waals surface area contributed by atoms with Crippen molar-refractivity contribution < 1.29 is 14.5 Å². The number of carbonyl (C=O) groups excluding carboxylic acids is 1. The molecule has 0 radical (unpaired) electrons. The number of nitro benzene ring substituents is 1. The average Bonchev–Trinajstić information content (AvgIpc) is 2.47. The second kappa shape index (κ2) is 6.66. The van der Waals surface area contributed by atoms with Crippen molar-refractivity contribution in [3.05, 3.63) is 57.8 Å². The van der Waals surface area contributed by atoms with Crippen LogP contribution >= 0.6 is 0 Å². The molecule has 2 rings (SSSR count). The van der Waals surface area contributed by atoms with Crippen molar-refractivity contribution >= 4 is 17.3 Å². The Morgan fingerprint density at radius 2 is 2.14 bits per heavy atom. The van der Waals surface area contributed by atoms with E-state index in [1.165, 1.54) is 13.2 Å². The molecule has 2 aromatic rings. The highest BCUT2D eigenvalue weighted by molar-refractivity contribution is 5.93. The lowest BCUT2D eigenvalue weighted by Gasteiger charge is -2.10. The Labute approximate surface area is 127 Å². The highest BCUT2D eigenvalue weighted by atomic mass is 16.6. The lowest BCUT2D eigenvalue weighted by Crippen LogP contribution is -2.16. The minimum Gasteiger partial charge on any atom is -0.480 e. The fourth-order valence-electron chi connectivity index (χ4n) is 2.01. The normalized spacial score (nSPS) is 10.1. The van der Waals surface area contributed by atoms with Crippen molar-refractivity contribution in [2.75, 3.05) is 12.4 Å². The molecule has 7 nitrogen and oxygen atoms in total. The highest BCUT2D eigenvalue weighted by Crippen LogP contribution is 2.23. The Morgan fingerprint density at radius 1 is 1.41 bits per heavy atom. The van der Waals surface area contributed by atoms with Gasteiger partial charge in [-0.3, -0.25) is 14.9 Å². The van der Waals surface area contributed by atoms with E-state index >= 15 is 0 Å². The Morgan fingerprint density at radius 3 is 2.82 bits per heavy atom. The number of aryl methyl sites for hydroxylation is 1. The van der Waals surface area contributed by atoms with Crippen molar-refractivity contribution in [3.8, 4) is 5.88 Å². The number of aromatic nitrogens is 1. The van der Waals surface area contributed by atoms with E-state index < -0.39 is 4.92 Å². The number of pyridine rings is 1. The number of anilines is 1. The maximum atomic E-state index is 12.1. The Kier molecular flexibility index (Phi) is 4.67. The number of hydrogen-bond donors (Lipinski definition) is 1. The second-order valence-corrected chi connectivity index (χ2v) is 4.68. The molecule has 114 valence electrons. The largest absolute Gasteiger partial charge is 0.480 e. The lowest BCUT2D eigenvalue weighted by molar-refractivity contribution is -0.385. The van der Waals surface area contributed by atoms with E-state index in [2.05, 4.69) is 10.3 Å². The predicted molar refractivity (Wildman–Crippen MR) is 81.0 cm³/mol. The molecule has 1 heterocycles. The zero-order valence-electron chi connectivity index (χ0n) is 12.2. The summed E-state index contributed by atoms with van der Waals surface area (Å²) < 4.78 is 5.08. The average molecular weight is 301 g/mol. The molecule has 0 aliphatic carbocycles. The number of para-hydroxylation sites is 1. The van der Waals surface area contributed by atoms with Gasteiger partial charge in [-0.05, 0) is 18.6 Å². The minimum atomic E-state index is -0.503. The fourth-order valence-corrected chi connectivity index (χ4v) is 2.01. The van der Waals surface area contributed by atoms with Crippen LogP contribution in [0, 0.1) is 17.0 Å². The molecule has 22 heavy (non-hydrogen) atoms. The Balaban J connectivity index is 2.18. The van der Waals surface area contributed by atoms with Gasteiger partial charge in [0.15, 0.2) is 0 Å². The third-order valence-electron chi connectivity index (χ3n) is 2.99. The molecule has 0 unspecified atom stereocenters. The summed E-state index contributed by atoms with van der Waals surface area (Å²) in [7, 11) is 1.45. The topological polar surface area (TPSA) is 94.4 Å². The number of rotatable bonds is 5. The molecule has 1 aromatic heterocycles. The predicted octanol–water partition coefficient (Wildman–Crippen LogP) is 2.49. The summed E-state index contributed by atoms with van der Waals surface area (Å²) in [6.07, 6.45) is 1.52. The quantitative estimate of drug-likeness (QED) is 0.676. The van der Waals surface area contributed by atoms with Gasteiger partial charge in [-0.15, -0.1) is 0 Å². The number of carbonyl (C=O) groups is 1. The molecule has 1 amide bonds. The van der Waals surface area contributed by atoms with Crippen LogP contribution in [0.2, 0.25) is 0 Å². The first kappa shape index (κ1) is 15.4.